The quantitative estimate of drug-likeness (QED) is 0.662. The highest BCUT2D eigenvalue weighted by molar-refractivity contribution is 4.91. The summed E-state index contributed by atoms with van der Waals surface area (Å²) in [7, 11) is 0. The lowest BCUT2D eigenvalue weighted by Crippen LogP contribution is -2.44. The molecule has 1 unspecified atom stereocenters. The fraction of sp³-hybridized carbons (Fsp3) is 1.00. The molecule has 2 heteroatoms. The Labute approximate surface area is 92.3 Å². The number of ether oxygens (including phenoxy) is 2. The second-order valence-electron chi connectivity index (χ2n) is 5.41. The van der Waals surface area contributed by atoms with Gasteiger partial charge in [0.05, 0.1) is 13.2 Å². The largest absolute Gasteiger partial charge is 0.347 e. The van der Waals surface area contributed by atoms with Gasteiger partial charge < -0.3 is 9.47 Å². The SMILES string of the molecule is C1CCC(C2CCCCC23OCCO3)C1. The standard InChI is InChI=1S/C13H22O2/c1-2-6-11(5-1)12-7-3-4-8-13(12)14-9-10-15-13/h11-12H,1-10H2. The Bertz CT molecular complexity index is 215. The molecule has 0 radical (unpaired) electrons. The van der Waals surface area contributed by atoms with E-state index in [4.69, 9.17) is 9.47 Å². The van der Waals surface area contributed by atoms with Crippen LogP contribution in [0.15, 0.2) is 0 Å². The average molecular weight is 210 g/mol. The van der Waals surface area contributed by atoms with Crippen LogP contribution in [0.1, 0.15) is 51.4 Å². The third kappa shape index (κ3) is 1.72. The maximum absolute atomic E-state index is 5.98. The van der Waals surface area contributed by atoms with Gasteiger partial charge in [-0.2, -0.15) is 0 Å². The Hall–Kier alpha value is -0.0800. The second kappa shape index (κ2) is 4.06. The van der Waals surface area contributed by atoms with Gasteiger partial charge in [-0.15, -0.1) is 0 Å². The predicted octanol–water partition coefficient (Wildman–Crippen LogP) is 3.11. The van der Waals surface area contributed by atoms with E-state index < -0.39 is 0 Å². The van der Waals surface area contributed by atoms with E-state index in [1.807, 2.05) is 0 Å². The molecule has 0 amide bonds. The molecule has 15 heavy (non-hydrogen) atoms. The van der Waals surface area contributed by atoms with E-state index in [2.05, 4.69) is 0 Å². The maximum atomic E-state index is 5.98. The zero-order valence-corrected chi connectivity index (χ0v) is 9.54. The van der Waals surface area contributed by atoms with E-state index in [1.54, 1.807) is 0 Å². The fourth-order valence-electron chi connectivity index (χ4n) is 3.92. The summed E-state index contributed by atoms with van der Waals surface area (Å²) in [6, 6.07) is 0. The topological polar surface area (TPSA) is 18.5 Å². The van der Waals surface area contributed by atoms with Crippen LogP contribution in [-0.2, 0) is 9.47 Å². The second-order valence-corrected chi connectivity index (χ2v) is 5.41. The van der Waals surface area contributed by atoms with E-state index in [0.29, 0.717) is 5.92 Å². The number of hydrogen-bond donors (Lipinski definition) is 0. The van der Waals surface area contributed by atoms with Crippen molar-refractivity contribution in [1.82, 2.24) is 0 Å². The summed E-state index contributed by atoms with van der Waals surface area (Å²) in [6.07, 6.45) is 10.9. The highest BCUT2D eigenvalue weighted by Crippen LogP contribution is 2.48. The van der Waals surface area contributed by atoms with Gasteiger partial charge in [0.25, 0.3) is 0 Å². The molecule has 1 spiro atoms. The third-order valence-corrected chi connectivity index (χ3v) is 4.60. The van der Waals surface area contributed by atoms with Crippen LogP contribution in [0.3, 0.4) is 0 Å². The summed E-state index contributed by atoms with van der Waals surface area (Å²) in [4.78, 5) is 0. The summed E-state index contributed by atoms with van der Waals surface area (Å²) in [5.41, 5.74) is 0. The lowest BCUT2D eigenvalue weighted by molar-refractivity contribution is -0.224. The van der Waals surface area contributed by atoms with Crippen molar-refractivity contribution in [2.45, 2.75) is 57.2 Å². The van der Waals surface area contributed by atoms with Gasteiger partial charge in [-0.25, -0.2) is 0 Å². The molecule has 2 aliphatic carbocycles. The monoisotopic (exact) mass is 210 g/mol. The predicted molar refractivity (Wildman–Crippen MR) is 58.6 cm³/mol. The Morgan fingerprint density at radius 1 is 0.800 bits per heavy atom. The van der Waals surface area contributed by atoms with Crippen molar-refractivity contribution in [1.29, 1.82) is 0 Å². The Morgan fingerprint density at radius 3 is 2.20 bits per heavy atom. The van der Waals surface area contributed by atoms with Crippen LogP contribution < -0.4 is 0 Å². The summed E-state index contributed by atoms with van der Waals surface area (Å²) in [6.45, 7) is 1.65. The van der Waals surface area contributed by atoms with Gasteiger partial charge in [-0.05, 0) is 31.6 Å². The number of rotatable bonds is 1. The van der Waals surface area contributed by atoms with Gasteiger partial charge in [0.15, 0.2) is 5.79 Å². The highest BCUT2D eigenvalue weighted by Gasteiger charge is 2.49. The molecule has 0 N–H and O–H groups in total. The average Bonchev–Trinajstić information content (AvgIpc) is 2.90. The molecule has 1 aliphatic heterocycles. The van der Waals surface area contributed by atoms with Gasteiger partial charge >= 0.3 is 0 Å². The maximum Gasteiger partial charge on any atom is 0.171 e. The molecule has 86 valence electrons. The normalized spacial score (nSPS) is 36.4. The van der Waals surface area contributed by atoms with Gasteiger partial charge in [-0.3, -0.25) is 0 Å². The molecule has 0 aromatic rings. The van der Waals surface area contributed by atoms with E-state index in [1.165, 1.54) is 44.9 Å². The van der Waals surface area contributed by atoms with Crippen LogP contribution in [0, 0.1) is 11.8 Å². The Morgan fingerprint density at radius 2 is 1.47 bits per heavy atom. The summed E-state index contributed by atoms with van der Waals surface area (Å²) in [5, 5.41) is 0. The third-order valence-electron chi connectivity index (χ3n) is 4.60. The molecular weight excluding hydrogens is 188 g/mol. The van der Waals surface area contributed by atoms with Crippen LogP contribution in [-0.4, -0.2) is 19.0 Å². The molecule has 0 aromatic heterocycles. The summed E-state index contributed by atoms with van der Waals surface area (Å²) < 4.78 is 12.0. The van der Waals surface area contributed by atoms with Crippen molar-refractivity contribution in [3.63, 3.8) is 0 Å². The molecule has 3 rings (SSSR count). The summed E-state index contributed by atoms with van der Waals surface area (Å²) >= 11 is 0. The molecular formula is C13H22O2. The first-order valence-electron chi connectivity index (χ1n) is 6.69. The Kier molecular flexibility index (Phi) is 2.73. The highest BCUT2D eigenvalue weighted by atomic mass is 16.7. The van der Waals surface area contributed by atoms with Gasteiger partial charge in [0, 0.05) is 12.3 Å². The first-order chi connectivity index (χ1) is 7.41. The van der Waals surface area contributed by atoms with Crippen molar-refractivity contribution >= 4 is 0 Å². The van der Waals surface area contributed by atoms with E-state index in [9.17, 15) is 0 Å². The van der Waals surface area contributed by atoms with Crippen LogP contribution in [0.5, 0.6) is 0 Å². The Balaban J connectivity index is 1.77. The van der Waals surface area contributed by atoms with Crippen LogP contribution >= 0.6 is 0 Å². The first kappa shape index (κ1) is 10.1. The van der Waals surface area contributed by atoms with Crippen molar-refractivity contribution in [3.05, 3.63) is 0 Å². The summed E-state index contributed by atoms with van der Waals surface area (Å²) in [5.74, 6) is 1.45. The van der Waals surface area contributed by atoms with E-state index in [-0.39, 0.29) is 5.79 Å². The van der Waals surface area contributed by atoms with Gasteiger partial charge in [0.2, 0.25) is 0 Å². The lowest BCUT2D eigenvalue weighted by Gasteiger charge is -2.42. The molecule has 2 nitrogen and oxygen atoms in total. The van der Waals surface area contributed by atoms with Crippen molar-refractivity contribution in [2.24, 2.45) is 11.8 Å². The zero-order valence-electron chi connectivity index (χ0n) is 9.54. The molecule has 1 saturated heterocycles. The van der Waals surface area contributed by atoms with Crippen molar-refractivity contribution < 1.29 is 9.47 Å². The van der Waals surface area contributed by atoms with E-state index in [0.717, 1.165) is 25.6 Å². The van der Waals surface area contributed by atoms with Crippen molar-refractivity contribution in [3.8, 4) is 0 Å². The smallest absolute Gasteiger partial charge is 0.171 e. The first-order valence-corrected chi connectivity index (χ1v) is 6.69. The van der Waals surface area contributed by atoms with E-state index >= 15 is 0 Å². The fourth-order valence-corrected chi connectivity index (χ4v) is 3.92. The molecule has 1 heterocycles. The number of hydrogen-bond acceptors (Lipinski definition) is 2. The minimum atomic E-state index is -0.146. The molecule has 0 aromatic carbocycles. The van der Waals surface area contributed by atoms with Gasteiger partial charge in [0.1, 0.15) is 0 Å². The minimum absolute atomic E-state index is 0.146. The minimum Gasteiger partial charge on any atom is -0.347 e. The molecule has 2 saturated carbocycles. The van der Waals surface area contributed by atoms with Crippen molar-refractivity contribution in [2.75, 3.05) is 13.2 Å². The van der Waals surface area contributed by atoms with Crippen LogP contribution in [0.2, 0.25) is 0 Å². The zero-order chi connectivity index (χ0) is 10.1. The lowest BCUT2D eigenvalue weighted by atomic mass is 9.74. The molecule has 0 bridgehead atoms. The molecule has 3 aliphatic rings. The molecule has 1 atom stereocenters. The molecule has 3 fully saturated rings. The van der Waals surface area contributed by atoms with Gasteiger partial charge in [-0.1, -0.05) is 19.3 Å². The van der Waals surface area contributed by atoms with Crippen LogP contribution in [0.25, 0.3) is 0 Å². The van der Waals surface area contributed by atoms with Crippen LogP contribution in [0.4, 0.5) is 0 Å².